The van der Waals surface area contributed by atoms with E-state index in [1.54, 1.807) is 18.2 Å². The van der Waals surface area contributed by atoms with E-state index in [0.717, 1.165) is 41.1 Å². The second kappa shape index (κ2) is 8.92. The van der Waals surface area contributed by atoms with Gasteiger partial charge in [0.15, 0.2) is 0 Å². The standard InChI is InChI=1S/C24H21N3O4S2/c28-20-8-5-15-12-16(11-14-3-1-9-27(20)21(14)15)26-24(31)23(30)25-13-17-6-7-19(33-17)22(29)18-4-2-10-32-18/h2,4,6-7,10-12H,1,3,5,8-9,13H2,(H,25,30)(H,26,31). The Bertz CT molecular complexity index is 1250. The van der Waals surface area contributed by atoms with Gasteiger partial charge < -0.3 is 15.5 Å². The van der Waals surface area contributed by atoms with E-state index >= 15 is 0 Å². The Labute approximate surface area is 198 Å². The van der Waals surface area contributed by atoms with E-state index in [9.17, 15) is 19.2 Å². The summed E-state index contributed by atoms with van der Waals surface area (Å²) in [5.74, 6) is -1.37. The predicted molar refractivity (Wildman–Crippen MR) is 128 cm³/mol. The van der Waals surface area contributed by atoms with E-state index in [4.69, 9.17) is 0 Å². The van der Waals surface area contributed by atoms with Crippen LogP contribution in [0.5, 0.6) is 0 Å². The Balaban J connectivity index is 1.21. The van der Waals surface area contributed by atoms with Crippen LogP contribution in [-0.4, -0.2) is 30.0 Å². The summed E-state index contributed by atoms with van der Waals surface area (Å²) in [5.41, 5.74) is 3.61. The number of thiophene rings is 2. The first kappa shape index (κ1) is 21.5. The summed E-state index contributed by atoms with van der Waals surface area (Å²) in [4.78, 5) is 53.3. The lowest BCUT2D eigenvalue weighted by atomic mass is 9.91. The van der Waals surface area contributed by atoms with Gasteiger partial charge in [0, 0.05) is 23.5 Å². The van der Waals surface area contributed by atoms with Crippen molar-refractivity contribution in [2.75, 3.05) is 16.8 Å². The van der Waals surface area contributed by atoms with Crippen LogP contribution in [0.2, 0.25) is 0 Å². The molecule has 0 fully saturated rings. The maximum Gasteiger partial charge on any atom is 0.313 e. The Morgan fingerprint density at radius 2 is 1.79 bits per heavy atom. The Kier molecular flexibility index (Phi) is 5.82. The SMILES string of the molecule is O=C(NCc1ccc(C(=O)c2cccs2)s1)C(=O)Nc1cc2c3c(c1)CCC(=O)N3CCC2. The molecule has 0 aliphatic carbocycles. The van der Waals surface area contributed by atoms with E-state index in [1.807, 2.05) is 28.5 Å². The fourth-order valence-corrected chi connectivity index (χ4v) is 5.93. The van der Waals surface area contributed by atoms with Crippen LogP contribution in [0.25, 0.3) is 0 Å². The number of ketones is 1. The summed E-state index contributed by atoms with van der Waals surface area (Å²) in [5, 5.41) is 7.16. The Hall–Kier alpha value is -3.30. The molecular weight excluding hydrogens is 458 g/mol. The highest BCUT2D eigenvalue weighted by Crippen LogP contribution is 2.37. The van der Waals surface area contributed by atoms with Gasteiger partial charge in [-0.05, 0) is 66.1 Å². The van der Waals surface area contributed by atoms with Crippen molar-refractivity contribution in [3.63, 3.8) is 0 Å². The zero-order chi connectivity index (χ0) is 22.9. The first-order valence-corrected chi connectivity index (χ1v) is 12.4. The normalized spacial score (nSPS) is 14.5. The van der Waals surface area contributed by atoms with Crippen LogP contribution in [0.15, 0.2) is 41.8 Å². The molecular formula is C24H21N3O4S2. The molecule has 0 bridgehead atoms. The largest absolute Gasteiger partial charge is 0.343 e. The summed E-state index contributed by atoms with van der Waals surface area (Å²) >= 11 is 2.69. The maximum absolute atomic E-state index is 12.5. The van der Waals surface area contributed by atoms with E-state index in [0.29, 0.717) is 28.3 Å². The molecule has 0 unspecified atom stereocenters. The van der Waals surface area contributed by atoms with E-state index < -0.39 is 11.8 Å². The van der Waals surface area contributed by atoms with Gasteiger partial charge in [0.05, 0.1) is 22.0 Å². The minimum Gasteiger partial charge on any atom is -0.343 e. The third-order valence-corrected chi connectivity index (χ3v) is 7.75. The number of hydrogen-bond acceptors (Lipinski definition) is 6. The number of carbonyl (C=O) groups excluding carboxylic acids is 4. The third kappa shape index (κ3) is 4.34. The molecule has 5 rings (SSSR count). The van der Waals surface area contributed by atoms with E-state index in [1.165, 1.54) is 22.7 Å². The van der Waals surface area contributed by atoms with E-state index in [-0.39, 0.29) is 18.2 Å². The molecule has 3 amide bonds. The molecule has 33 heavy (non-hydrogen) atoms. The van der Waals surface area contributed by atoms with Crippen molar-refractivity contribution in [2.24, 2.45) is 0 Å². The number of hydrogen-bond donors (Lipinski definition) is 2. The highest BCUT2D eigenvalue weighted by Gasteiger charge is 2.30. The maximum atomic E-state index is 12.5. The minimum absolute atomic E-state index is 0.0399. The lowest BCUT2D eigenvalue weighted by Gasteiger charge is -2.35. The van der Waals surface area contributed by atoms with Gasteiger partial charge in [-0.2, -0.15) is 0 Å². The quantitative estimate of drug-likeness (QED) is 0.432. The van der Waals surface area contributed by atoms with Crippen LogP contribution in [0.3, 0.4) is 0 Å². The van der Waals surface area contributed by atoms with Crippen molar-refractivity contribution in [2.45, 2.75) is 32.2 Å². The molecule has 4 heterocycles. The van der Waals surface area contributed by atoms with Gasteiger partial charge in [0.1, 0.15) is 0 Å². The number of carbonyl (C=O) groups is 4. The van der Waals surface area contributed by atoms with Crippen molar-refractivity contribution in [3.8, 4) is 0 Å². The molecule has 2 aliphatic rings. The first-order chi connectivity index (χ1) is 16.0. The molecule has 2 aromatic heterocycles. The van der Waals surface area contributed by atoms with Crippen LogP contribution in [0.1, 0.15) is 43.4 Å². The van der Waals surface area contributed by atoms with Crippen LogP contribution < -0.4 is 15.5 Å². The number of benzene rings is 1. The number of aryl methyl sites for hydroxylation is 2. The van der Waals surface area contributed by atoms with Crippen molar-refractivity contribution in [1.82, 2.24) is 5.32 Å². The zero-order valence-corrected chi connectivity index (χ0v) is 19.3. The topological polar surface area (TPSA) is 95.6 Å². The lowest BCUT2D eigenvalue weighted by Crippen LogP contribution is -2.39. The Morgan fingerprint density at radius 3 is 2.58 bits per heavy atom. The summed E-state index contributed by atoms with van der Waals surface area (Å²) in [6, 6.07) is 10.8. The Morgan fingerprint density at radius 1 is 0.970 bits per heavy atom. The highest BCUT2D eigenvalue weighted by molar-refractivity contribution is 7.16. The molecule has 0 radical (unpaired) electrons. The summed E-state index contributed by atoms with van der Waals surface area (Å²) in [7, 11) is 0. The second-order valence-electron chi connectivity index (χ2n) is 8.00. The summed E-state index contributed by atoms with van der Waals surface area (Å²) in [6.45, 7) is 0.900. The predicted octanol–water partition coefficient (Wildman–Crippen LogP) is 3.52. The van der Waals surface area contributed by atoms with Gasteiger partial charge in [-0.1, -0.05) is 6.07 Å². The zero-order valence-electron chi connectivity index (χ0n) is 17.7. The first-order valence-electron chi connectivity index (χ1n) is 10.7. The molecule has 0 saturated carbocycles. The molecule has 7 nitrogen and oxygen atoms in total. The van der Waals surface area contributed by atoms with Crippen LogP contribution in [0.4, 0.5) is 11.4 Å². The summed E-state index contributed by atoms with van der Waals surface area (Å²) < 4.78 is 0. The van der Waals surface area contributed by atoms with Crippen molar-refractivity contribution in [3.05, 3.63) is 67.5 Å². The smallest absolute Gasteiger partial charge is 0.313 e. The number of nitrogens with one attached hydrogen (secondary N) is 2. The van der Waals surface area contributed by atoms with Crippen LogP contribution in [-0.2, 0) is 33.8 Å². The molecule has 0 saturated heterocycles. The van der Waals surface area contributed by atoms with Gasteiger partial charge in [0.25, 0.3) is 0 Å². The van der Waals surface area contributed by atoms with Crippen molar-refractivity contribution >= 4 is 57.6 Å². The van der Waals surface area contributed by atoms with Gasteiger partial charge in [-0.3, -0.25) is 19.2 Å². The average molecular weight is 480 g/mol. The number of nitrogens with zero attached hydrogens (tertiary/aromatic N) is 1. The number of anilines is 2. The molecule has 1 aromatic carbocycles. The molecule has 9 heteroatoms. The van der Waals surface area contributed by atoms with E-state index in [2.05, 4.69) is 10.6 Å². The van der Waals surface area contributed by atoms with Crippen molar-refractivity contribution in [1.29, 1.82) is 0 Å². The number of amides is 3. The van der Waals surface area contributed by atoms with Crippen LogP contribution in [0, 0.1) is 0 Å². The van der Waals surface area contributed by atoms with Gasteiger partial charge >= 0.3 is 11.8 Å². The van der Waals surface area contributed by atoms with Crippen LogP contribution >= 0.6 is 22.7 Å². The third-order valence-electron chi connectivity index (χ3n) is 5.79. The molecule has 3 aromatic rings. The fourth-order valence-electron chi connectivity index (χ4n) is 4.29. The molecule has 0 atom stereocenters. The second-order valence-corrected chi connectivity index (χ2v) is 10.1. The molecule has 168 valence electrons. The number of rotatable bonds is 5. The minimum atomic E-state index is -0.742. The molecule has 2 aliphatic heterocycles. The summed E-state index contributed by atoms with van der Waals surface area (Å²) in [6.07, 6.45) is 2.82. The van der Waals surface area contributed by atoms with Gasteiger partial charge in [0.2, 0.25) is 11.7 Å². The molecule has 2 N–H and O–H groups in total. The molecule has 0 spiro atoms. The highest BCUT2D eigenvalue weighted by atomic mass is 32.1. The fraction of sp³-hybridized carbons (Fsp3) is 0.250. The van der Waals surface area contributed by atoms with Gasteiger partial charge in [-0.25, -0.2) is 0 Å². The lowest BCUT2D eigenvalue weighted by molar-refractivity contribution is -0.136. The average Bonchev–Trinajstić information content (AvgIpc) is 3.52. The monoisotopic (exact) mass is 479 g/mol. The van der Waals surface area contributed by atoms with Crippen molar-refractivity contribution < 1.29 is 19.2 Å². The van der Waals surface area contributed by atoms with Gasteiger partial charge in [-0.15, -0.1) is 22.7 Å².